The van der Waals surface area contributed by atoms with Crippen molar-refractivity contribution in [2.75, 3.05) is 24.7 Å². The van der Waals surface area contributed by atoms with E-state index in [0.29, 0.717) is 19.3 Å². The van der Waals surface area contributed by atoms with E-state index >= 15 is 0 Å². The minimum atomic E-state index is -0.232. The second-order valence-electron chi connectivity index (χ2n) is 5.69. The number of aliphatic hydroxyl groups excluding tert-OH is 1. The maximum Gasteiger partial charge on any atom is 0.128 e. The average molecular weight is 262 g/mol. The molecule has 4 nitrogen and oxygen atoms in total. The Morgan fingerprint density at radius 1 is 1.42 bits per heavy atom. The molecule has 0 radical (unpaired) electrons. The zero-order valence-electron chi connectivity index (χ0n) is 11.5. The molecule has 0 bridgehead atoms. The highest BCUT2D eigenvalue weighted by Crippen LogP contribution is 2.32. The molecular formula is C15H22N2O2. The Hall–Kier alpha value is -1.13. The van der Waals surface area contributed by atoms with Crippen LogP contribution in [0.15, 0.2) is 18.3 Å². The lowest BCUT2D eigenvalue weighted by Gasteiger charge is -2.37. The standard InChI is InChI=1S/C15H22N2O2/c1-11-4-6-16-15(9-11)17-7-2-3-13(17)12-10-19-8-5-14(12)18/h4,6,9,12-14,18H,2-3,5,7-8,10H2,1H3. The number of rotatable bonds is 2. The van der Waals surface area contributed by atoms with E-state index in [1.54, 1.807) is 0 Å². The Bertz CT molecular complexity index is 438. The van der Waals surface area contributed by atoms with Crippen molar-refractivity contribution in [3.05, 3.63) is 23.9 Å². The fraction of sp³-hybridized carbons (Fsp3) is 0.667. The number of hydrogen-bond donors (Lipinski definition) is 1. The van der Waals surface area contributed by atoms with Gasteiger partial charge in [0.05, 0.1) is 12.7 Å². The third-order valence-corrected chi connectivity index (χ3v) is 4.35. The van der Waals surface area contributed by atoms with E-state index in [4.69, 9.17) is 4.74 Å². The van der Waals surface area contributed by atoms with Gasteiger partial charge in [0.15, 0.2) is 0 Å². The van der Waals surface area contributed by atoms with Gasteiger partial charge in [-0.15, -0.1) is 0 Å². The highest BCUT2D eigenvalue weighted by atomic mass is 16.5. The van der Waals surface area contributed by atoms with Gasteiger partial charge in [0.25, 0.3) is 0 Å². The summed E-state index contributed by atoms with van der Waals surface area (Å²) in [5.41, 5.74) is 1.23. The number of anilines is 1. The molecule has 1 aromatic heterocycles. The van der Waals surface area contributed by atoms with E-state index in [2.05, 4.69) is 22.9 Å². The molecule has 0 amide bonds. The van der Waals surface area contributed by atoms with Crippen molar-refractivity contribution in [2.24, 2.45) is 5.92 Å². The van der Waals surface area contributed by atoms with E-state index in [1.165, 1.54) is 12.0 Å². The largest absolute Gasteiger partial charge is 0.393 e. The van der Waals surface area contributed by atoms with Crippen LogP contribution in [0.3, 0.4) is 0 Å². The minimum absolute atomic E-state index is 0.221. The fourth-order valence-electron chi connectivity index (χ4n) is 3.32. The van der Waals surface area contributed by atoms with Crippen molar-refractivity contribution in [2.45, 2.75) is 38.3 Å². The molecule has 0 spiro atoms. The molecule has 3 rings (SSSR count). The summed E-state index contributed by atoms with van der Waals surface area (Å²) in [7, 11) is 0. The van der Waals surface area contributed by atoms with Crippen molar-refractivity contribution in [3.63, 3.8) is 0 Å². The predicted octanol–water partition coefficient (Wildman–Crippen LogP) is 1.76. The van der Waals surface area contributed by atoms with Crippen LogP contribution in [0.25, 0.3) is 0 Å². The predicted molar refractivity (Wildman–Crippen MR) is 74.3 cm³/mol. The monoisotopic (exact) mass is 262 g/mol. The molecule has 104 valence electrons. The fourth-order valence-corrected chi connectivity index (χ4v) is 3.32. The maximum atomic E-state index is 10.2. The molecule has 4 heteroatoms. The summed E-state index contributed by atoms with van der Waals surface area (Å²) in [6.07, 6.45) is 4.69. The van der Waals surface area contributed by atoms with Crippen LogP contribution in [0.2, 0.25) is 0 Å². The Balaban J connectivity index is 1.81. The number of nitrogens with zero attached hydrogens (tertiary/aromatic N) is 2. The van der Waals surface area contributed by atoms with Crippen molar-refractivity contribution in [1.82, 2.24) is 4.98 Å². The molecule has 3 unspecified atom stereocenters. The summed E-state index contributed by atoms with van der Waals surface area (Å²) in [5, 5.41) is 10.2. The molecule has 0 aromatic carbocycles. The topological polar surface area (TPSA) is 45.6 Å². The molecule has 1 aromatic rings. The number of ether oxygens (including phenoxy) is 1. The Morgan fingerprint density at radius 2 is 2.32 bits per heavy atom. The van der Waals surface area contributed by atoms with Crippen molar-refractivity contribution < 1.29 is 9.84 Å². The first-order chi connectivity index (χ1) is 9.25. The molecule has 0 saturated carbocycles. The van der Waals surface area contributed by atoms with Crippen molar-refractivity contribution >= 4 is 5.82 Å². The molecule has 1 N–H and O–H groups in total. The summed E-state index contributed by atoms with van der Waals surface area (Å²) < 4.78 is 5.57. The Kier molecular flexibility index (Phi) is 3.71. The first-order valence-corrected chi connectivity index (χ1v) is 7.21. The van der Waals surface area contributed by atoms with Gasteiger partial charge < -0.3 is 14.7 Å². The SMILES string of the molecule is Cc1ccnc(N2CCCC2C2COCCC2O)c1. The van der Waals surface area contributed by atoms with E-state index in [0.717, 1.165) is 25.2 Å². The molecule has 3 atom stereocenters. The molecular weight excluding hydrogens is 240 g/mol. The van der Waals surface area contributed by atoms with Crippen LogP contribution in [0.4, 0.5) is 5.82 Å². The molecule has 2 saturated heterocycles. The van der Waals surface area contributed by atoms with Gasteiger partial charge in [-0.2, -0.15) is 0 Å². The lowest BCUT2D eigenvalue weighted by atomic mass is 9.89. The molecule has 2 aliphatic rings. The van der Waals surface area contributed by atoms with Gasteiger partial charge in [-0.05, 0) is 43.9 Å². The first kappa shape index (κ1) is 12.9. The summed E-state index contributed by atoms with van der Waals surface area (Å²) in [6, 6.07) is 4.52. The second kappa shape index (κ2) is 5.47. The quantitative estimate of drug-likeness (QED) is 0.882. The van der Waals surface area contributed by atoms with Gasteiger partial charge in [-0.25, -0.2) is 4.98 Å². The lowest BCUT2D eigenvalue weighted by Crippen LogP contribution is -2.46. The average Bonchev–Trinajstić information content (AvgIpc) is 2.88. The molecule has 2 fully saturated rings. The van der Waals surface area contributed by atoms with Gasteiger partial charge in [-0.3, -0.25) is 0 Å². The first-order valence-electron chi connectivity index (χ1n) is 7.21. The van der Waals surface area contributed by atoms with Crippen molar-refractivity contribution in [1.29, 1.82) is 0 Å². The van der Waals surface area contributed by atoms with Crippen LogP contribution in [0, 0.1) is 12.8 Å². The maximum absolute atomic E-state index is 10.2. The summed E-state index contributed by atoms with van der Waals surface area (Å²) in [5.74, 6) is 1.26. The second-order valence-corrected chi connectivity index (χ2v) is 5.69. The normalized spacial score (nSPS) is 31.7. The summed E-state index contributed by atoms with van der Waals surface area (Å²) >= 11 is 0. The van der Waals surface area contributed by atoms with Gasteiger partial charge in [0.2, 0.25) is 0 Å². The minimum Gasteiger partial charge on any atom is -0.393 e. The summed E-state index contributed by atoms with van der Waals surface area (Å²) in [4.78, 5) is 6.85. The Labute approximate surface area is 114 Å². The number of aromatic nitrogens is 1. The van der Waals surface area contributed by atoms with Gasteiger partial charge in [0, 0.05) is 31.3 Å². The van der Waals surface area contributed by atoms with Crippen LogP contribution in [-0.2, 0) is 4.74 Å². The van der Waals surface area contributed by atoms with E-state index < -0.39 is 0 Å². The zero-order valence-corrected chi connectivity index (χ0v) is 11.5. The molecule has 19 heavy (non-hydrogen) atoms. The molecule has 0 aliphatic carbocycles. The smallest absolute Gasteiger partial charge is 0.128 e. The van der Waals surface area contributed by atoms with Crippen LogP contribution < -0.4 is 4.90 Å². The lowest BCUT2D eigenvalue weighted by molar-refractivity contribution is -0.0438. The number of pyridine rings is 1. The third kappa shape index (κ3) is 2.60. The van der Waals surface area contributed by atoms with Gasteiger partial charge in [0.1, 0.15) is 5.82 Å². The van der Waals surface area contributed by atoms with Crippen LogP contribution in [0.1, 0.15) is 24.8 Å². The molecule has 2 aliphatic heterocycles. The van der Waals surface area contributed by atoms with Gasteiger partial charge in [-0.1, -0.05) is 0 Å². The number of hydrogen-bond acceptors (Lipinski definition) is 4. The van der Waals surface area contributed by atoms with E-state index in [1.807, 2.05) is 12.3 Å². The van der Waals surface area contributed by atoms with Crippen LogP contribution in [0.5, 0.6) is 0 Å². The zero-order chi connectivity index (χ0) is 13.2. The van der Waals surface area contributed by atoms with Crippen molar-refractivity contribution in [3.8, 4) is 0 Å². The highest BCUT2D eigenvalue weighted by molar-refractivity contribution is 5.43. The summed E-state index contributed by atoms with van der Waals surface area (Å²) in [6.45, 7) is 4.49. The third-order valence-electron chi connectivity index (χ3n) is 4.35. The van der Waals surface area contributed by atoms with E-state index in [-0.39, 0.29) is 12.0 Å². The Morgan fingerprint density at radius 3 is 3.11 bits per heavy atom. The number of aliphatic hydroxyl groups is 1. The van der Waals surface area contributed by atoms with E-state index in [9.17, 15) is 5.11 Å². The number of aryl methyl sites for hydroxylation is 1. The van der Waals surface area contributed by atoms with Crippen LogP contribution in [-0.4, -0.2) is 42.0 Å². The highest BCUT2D eigenvalue weighted by Gasteiger charge is 2.38. The molecule has 3 heterocycles. The van der Waals surface area contributed by atoms with Crippen LogP contribution >= 0.6 is 0 Å². The van der Waals surface area contributed by atoms with Gasteiger partial charge >= 0.3 is 0 Å².